The second-order valence-corrected chi connectivity index (χ2v) is 3.70. The molecule has 7 heteroatoms. The van der Waals surface area contributed by atoms with Crippen LogP contribution in [0.25, 0.3) is 0 Å². The lowest BCUT2D eigenvalue weighted by atomic mass is 10.2. The number of aromatic nitrogens is 4. The third-order valence-corrected chi connectivity index (χ3v) is 2.29. The number of aryl methyl sites for hydroxylation is 1. The van der Waals surface area contributed by atoms with Crippen LogP contribution in [0.5, 0.6) is 5.75 Å². The molecule has 1 aromatic heterocycles. The summed E-state index contributed by atoms with van der Waals surface area (Å²) < 4.78 is 5.41. The first-order valence-electron chi connectivity index (χ1n) is 4.79. The maximum absolute atomic E-state index is 10.5. The van der Waals surface area contributed by atoms with Gasteiger partial charge in [0.05, 0.1) is 12.1 Å². The lowest BCUT2D eigenvalue weighted by molar-refractivity contribution is 0.112. The number of hydrogen-bond acceptors (Lipinski definition) is 5. The second-order valence-electron chi connectivity index (χ2n) is 3.29. The van der Waals surface area contributed by atoms with Crippen LogP contribution in [-0.2, 0) is 13.7 Å². The molecular formula is C10H9ClN4O2. The molecule has 2 aromatic rings. The van der Waals surface area contributed by atoms with Crippen molar-refractivity contribution in [3.8, 4) is 5.75 Å². The van der Waals surface area contributed by atoms with E-state index in [1.807, 2.05) is 0 Å². The Hall–Kier alpha value is -1.95. The smallest absolute Gasteiger partial charge is 0.212 e. The van der Waals surface area contributed by atoms with Crippen LogP contribution in [0.3, 0.4) is 0 Å². The predicted molar refractivity (Wildman–Crippen MR) is 60.0 cm³/mol. The van der Waals surface area contributed by atoms with Gasteiger partial charge in [-0.05, 0) is 23.4 Å². The molecule has 1 heterocycles. The fraction of sp³-hybridized carbons (Fsp3) is 0.200. The van der Waals surface area contributed by atoms with Crippen molar-refractivity contribution in [1.29, 1.82) is 0 Å². The van der Waals surface area contributed by atoms with Crippen LogP contribution < -0.4 is 4.74 Å². The van der Waals surface area contributed by atoms with E-state index >= 15 is 0 Å². The third kappa shape index (κ3) is 2.79. The predicted octanol–water partition coefficient (Wildman–Crippen LogP) is 1.25. The van der Waals surface area contributed by atoms with Crippen LogP contribution in [0.1, 0.15) is 16.2 Å². The zero-order valence-electron chi connectivity index (χ0n) is 9.00. The molecule has 0 saturated heterocycles. The Morgan fingerprint density at radius 3 is 2.94 bits per heavy atom. The van der Waals surface area contributed by atoms with E-state index in [2.05, 4.69) is 15.4 Å². The normalized spacial score (nSPS) is 10.2. The molecule has 0 radical (unpaired) electrons. The van der Waals surface area contributed by atoms with Crippen molar-refractivity contribution in [2.45, 2.75) is 6.61 Å². The van der Waals surface area contributed by atoms with E-state index in [1.54, 1.807) is 19.2 Å². The number of hydrogen-bond donors (Lipinski definition) is 0. The van der Waals surface area contributed by atoms with Gasteiger partial charge in [-0.2, -0.15) is 4.80 Å². The molecule has 0 aliphatic heterocycles. The van der Waals surface area contributed by atoms with Crippen molar-refractivity contribution >= 4 is 17.9 Å². The van der Waals surface area contributed by atoms with Crippen molar-refractivity contribution in [3.63, 3.8) is 0 Å². The lowest BCUT2D eigenvalue weighted by Gasteiger charge is -2.05. The third-order valence-electron chi connectivity index (χ3n) is 2.00. The molecule has 0 aliphatic carbocycles. The van der Waals surface area contributed by atoms with Crippen LogP contribution in [0.2, 0.25) is 5.02 Å². The highest BCUT2D eigenvalue weighted by molar-refractivity contribution is 6.32. The lowest BCUT2D eigenvalue weighted by Crippen LogP contribution is -1.99. The van der Waals surface area contributed by atoms with Crippen molar-refractivity contribution < 1.29 is 9.53 Å². The maximum atomic E-state index is 10.5. The zero-order chi connectivity index (χ0) is 12.3. The summed E-state index contributed by atoms with van der Waals surface area (Å²) >= 11 is 5.93. The molecule has 6 nitrogen and oxygen atoms in total. The van der Waals surface area contributed by atoms with Gasteiger partial charge in [-0.15, -0.1) is 10.2 Å². The molecule has 0 aliphatic rings. The van der Waals surface area contributed by atoms with Gasteiger partial charge in [-0.25, -0.2) is 0 Å². The van der Waals surface area contributed by atoms with Crippen LogP contribution in [-0.4, -0.2) is 26.5 Å². The van der Waals surface area contributed by atoms with Gasteiger partial charge in [0.1, 0.15) is 12.0 Å². The number of nitrogens with zero attached hydrogens (tertiary/aromatic N) is 4. The molecule has 17 heavy (non-hydrogen) atoms. The summed E-state index contributed by atoms with van der Waals surface area (Å²) in [6, 6.07) is 4.79. The summed E-state index contributed by atoms with van der Waals surface area (Å²) in [5.41, 5.74) is 0.500. The Morgan fingerprint density at radius 1 is 1.53 bits per heavy atom. The van der Waals surface area contributed by atoms with Gasteiger partial charge < -0.3 is 4.74 Å². The first-order chi connectivity index (χ1) is 8.19. The van der Waals surface area contributed by atoms with Crippen molar-refractivity contribution in [1.82, 2.24) is 20.2 Å². The average molecular weight is 253 g/mol. The largest absolute Gasteiger partial charge is 0.484 e. The van der Waals surface area contributed by atoms with Crippen LogP contribution in [0, 0.1) is 0 Å². The van der Waals surface area contributed by atoms with Gasteiger partial charge in [-0.3, -0.25) is 4.79 Å². The van der Waals surface area contributed by atoms with Gasteiger partial charge in [0.25, 0.3) is 0 Å². The van der Waals surface area contributed by atoms with E-state index in [1.165, 1.54) is 10.9 Å². The van der Waals surface area contributed by atoms with E-state index in [0.717, 1.165) is 6.29 Å². The molecule has 0 unspecified atom stereocenters. The monoisotopic (exact) mass is 252 g/mol. The number of tetrazole rings is 1. The van der Waals surface area contributed by atoms with Gasteiger partial charge in [0, 0.05) is 5.56 Å². The minimum absolute atomic E-state index is 0.175. The molecule has 88 valence electrons. The number of ether oxygens (including phenoxy) is 1. The Balaban J connectivity index is 2.06. The highest BCUT2D eigenvalue weighted by atomic mass is 35.5. The minimum atomic E-state index is 0.175. The quantitative estimate of drug-likeness (QED) is 0.766. The van der Waals surface area contributed by atoms with E-state index < -0.39 is 0 Å². The van der Waals surface area contributed by atoms with E-state index in [-0.39, 0.29) is 6.61 Å². The molecule has 0 saturated carbocycles. The van der Waals surface area contributed by atoms with Crippen LogP contribution in [0.15, 0.2) is 18.2 Å². The summed E-state index contributed by atoms with van der Waals surface area (Å²) in [6.45, 7) is 0.175. The highest BCUT2D eigenvalue weighted by Crippen LogP contribution is 2.25. The zero-order valence-corrected chi connectivity index (χ0v) is 9.76. The van der Waals surface area contributed by atoms with Crippen LogP contribution >= 0.6 is 11.6 Å². The number of benzene rings is 1. The molecule has 0 bridgehead atoms. The molecule has 1 aromatic carbocycles. The Morgan fingerprint density at radius 2 is 2.35 bits per heavy atom. The van der Waals surface area contributed by atoms with E-state index in [9.17, 15) is 4.79 Å². The van der Waals surface area contributed by atoms with E-state index in [4.69, 9.17) is 16.3 Å². The van der Waals surface area contributed by atoms with Crippen molar-refractivity contribution in [3.05, 3.63) is 34.6 Å². The number of carbonyl (C=O) groups is 1. The van der Waals surface area contributed by atoms with Gasteiger partial charge in [0.2, 0.25) is 5.82 Å². The summed E-state index contributed by atoms with van der Waals surface area (Å²) in [7, 11) is 1.67. The highest BCUT2D eigenvalue weighted by Gasteiger charge is 2.05. The van der Waals surface area contributed by atoms with Crippen molar-refractivity contribution in [2.75, 3.05) is 0 Å². The molecule has 0 N–H and O–H groups in total. The Bertz CT molecular complexity index is 541. The second kappa shape index (κ2) is 4.92. The van der Waals surface area contributed by atoms with Gasteiger partial charge in [0.15, 0.2) is 6.61 Å². The maximum Gasteiger partial charge on any atom is 0.212 e. The van der Waals surface area contributed by atoms with E-state index in [0.29, 0.717) is 22.2 Å². The standard InChI is InChI=1S/C10H9ClN4O2/c1-15-13-10(12-14-15)6-17-9-3-2-7(5-16)4-8(9)11/h2-5H,6H2,1H3. The van der Waals surface area contributed by atoms with Crippen molar-refractivity contribution in [2.24, 2.45) is 7.05 Å². The first-order valence-corrected chi connectivity index (χ1v) is 5.17. The fourth-order valence-electron chi connectivity index (χ4n) is 1.23. The summed E-state index contributed by atoms with van der Waals surface area (Å²) in [4.78, 5) is 11.9. The summed E-state index contributed by atoms with van der Waals surface area (Å²) in [5, 5.41) is 11.8. The molecular weight excluding hydrogens is 244 g/mol. The summed E-state index contributed by atoms with van der Waals surface area (Å²) in [6.07, 6.45) is 0.722. The Labute approximate surface area is 102 Å². The first kappa shape index (κ1) is 11.5. The molecule has 0 spiro atoms. The topological polar surface area (TPSA) is 69.9 Å². The number of halogens is 1. The number of carbonyl (C=O) groups excluding carboxylic acids is 1. The average Bonchev–Trinajstić information content (AvgIpc) is 2.73. The summed E-state index contributed by atoms with van der Waals surface area (Å²) in [5.74, 6) is 0.938. The Kier molecular flexibility index (Phi) is 3.34. The fourth-order valence-corrected chi connectivity index (χ4v) is 1.47. The van der Waals surface area contributed by atoms with Gasteiger partial charge in [-0.1, -0.05) is 11.6 Å². The van der Waals surface area contributed by atoms with Gasteiger partial charge >= 0.3 is 0 Å². The molecule has 0 atom stereocenters. The minimum Gasteiger partial charge on any atom is -0.484 e. The SMILES string of the molecule is Cn1nnc(COc2ccc(C=O)cc2Cl)n1. The molecule has 2 rings (SSSR count). The number of aldehydes is 1. The number of rotatable bonds is 4. The molecule has 0 fully saturated rings. The van der Waals surface area contributed by atoms with Crippen LogP contribution in [0.4, 0.5) is 0 Å². The molecule has 0 amide bonds.